The summed E-state index contributed by atoms with van der Waals surface area (Å²) >= 11 is 0. The fourth-order valence-electron chi connectivity index (χ4n) is 9.79. The minimum atomic E-state index is -2.71. The molecule has 0 radical (unpaired) electrons. The monoisotopic (exact) mass is 1280 g/mol. The number of esters is 6. The van der Waals surface area contributed by atoms with Gasteiger partial charge in [0.05, 0.1) is 34.4 Å². The van der Waals surface area contributed by atoms with E-state index in [-0.39, 0.29) is 0 Å². The number of phenols is 17. The highest BCUT2D eigenvalue weighted by atomic mass is 16.8. The number of hydrogen-bond acceptors (Lipinski definition) is 36. The average Bonchev–Trinajstić information content (AvgIpc) is 1.73. The van der Waals surface area contributed by atoms with Gasteiger partial charge in [0.15, 0.2) is 98.5 Å². The Labute approximate surface area is 502 Å². The Morgan fingerprint density at radius 2 is 0.945 bits per heavy atom. The first-order chi connectivity index (χ1) is 42.8. The van der Waals surface area contributed by atoms with Crippen LogP contribution >= 0.6 is 0 Å². The third-order valence-electron chi connectivity index (χ3n) is 14.4. The fourth-order valence-corrected chi connectivity index (χ4v) is 9.79. The summed E-state index contributed by atoms with van der Waals surface area (Å²) in [6.45, 7) is -3.16. The van der Waals surface area contributed by atoms with Crippen molar-refractivity contribution in [1.82, 2.24) is 0 Å². The Kier molecular flexibility index (Phi) is 15.8. The van der Waals surface area contributed by atoms with Gasteiger partial charge in [-0.25, -0.2) is 28.8 Å². The van der Waals surface area contributed by atoms with Gasteiger partial charge in [0, 0.05) is 23.3 Å². The van der Waals surface area contributed by atoms with Crippen LogP contribution in [-0.2, 0) is 42.6 Å². The number of phenolic OH excluding ortho intramolecular Hbond substituents is 17. The molecule has 0 amide bonds. The van der Waals surface area contributed by atoms with E-state index >= 15 is 0 Å². The molecule has 6 aromatic carbocycles. The Balaban J connectivity index is 1.10. The van der Waals surface area contributed by atoms with E-state index in [9.17, 15) is 131 Å². The highest BCUT2D eigenvalue weighted by Gasteiger charge is 2.62. The summed E-state index contributed by atoms with van der Waals surface area (Å²) in [5.41, 5.74) is -8.89. The van der Waals surface area contributed by atoms with E-state index < -0.39 is 270 Å². The number of aromatic hydroxyl groups is 17. The zero-order chi connectivity index (χ0) is 66.3. The lowest BCUT2D eigenvalue weighted by Gasteiger charge is -2.43. The largest absolute Gasteiger partial charge is 0.504 e. The van der Waals surface area contributed by atoms with Gasteiger partial charge < -0.3 is 149 Å². The zero-order valence-corrected chi connectivity index (χ0v) is 45.0. The second kappa shape index (κ2) is 23.1. The van der Waals surface area contributed by atoms with Crippen molar-refractivity contribution in [2.75, 3.05) is 19.8 Å². The van der Waals surface area contributed by atoms with Crippen molar-refractivity contribution in [2.24, 2.45) is 0 Å². The Morgan fingerprint density at radius 3 is 1.48 bits per heavy atom. The Hall–Kier alpha value is -11.7. The highest BCUT2D eigenvalue weighted by Crippen LogP contribution is 2.56. The molecule has 0 spiro atoms. The van der Waals surface area contributed by atoms with Gasteiger partial charge in [0.1, 0.15) is 49.3 Å². The van der Waals surface area contributed by atoms with E-state index in [2.05, 4.69) is 0 Å². The number of fused-ring (bicyclic) bond motifs is 6. The molecule has 6 aromatic rings. The summed E-state index contributed by atoms with van der Waals surface area (Å²) in [6.07, 6.45) is -19.8. The first-order valence-corrected chi connectivity index (χ1v) is 25.6. The summed E-state index contributed by atoms with van der Waals surface area (Å²) in [6, 6.07) is 3.98. The minimum Gasteiger partial charge on any atom is -0.504 e. The third-order valence-corrected chi connectivity index (χ3v) is 14.4. The molecule has 3 fully saturated rings. The van der Waals surface area contributed by atoms with Gasteiger partial charge in [-0.1, -0.05) is 0 Å². The summed E-state index contributed by atoms with van der Waals surface area (Å²) in [5, 5.41) is 213. The molecule has 36 heteroatoms. The van der Waals surface area contributed by atoms with Crippen molar-refractivity contribution in [2.45, 2.75) is 60.9 Å². The van der Waals surface area contributed by atoms with Crippen molar-refractivity contribution in [3.8, 4) is 120 Å². The molecule has 4 aliphatic heterocycles. The van der Waals surface area contributed by atoms with Crippen LogP contribution in [-0.4, -0.2) is 219 Å². The normalized spacial score (nSPS) is 23.4. The lowest BCUT2D eigenvalue weighted by molar-refractivity contribution is -0.317. The van der Waals surface area contributed by atoms with E-state index in [1.807, 2.05) is 0 Å². The van der Waals surface area contributed by atoms with Crippen molar-refractivity contribution < 1.29 is 178 Å². The molecule has 20 N–H and O–H groups in total. The van der Waals surface area contributed by atoms with Crippen LogP contribution in [0.3, 0.4) is 0 Å². The van der Waals surface area contributed by atoms with Gasteiger partial charge in [0.2, 0.25) is 41.2 Å². The molecule has 91 heavy (non-hydrogen) atoms. The van der Waals surface area contributed by atoms with Crippen molar-refractivity contribution in [3.63, 3.8) is 0 Å². The molecule has 0 aliphatic carbocycles. The van der Waals surface area contributed by atoms with E-state index in [1.165, 1.54) is 0 Å². The lowest BCUT2D eigenvalue weighted by atomic mass is 9.91. The molecule has 3 saturated heterocycles. The summed E-state index contributed by atoms with van der Waals surface area (Å²) in [4.78, 5) is 85.9. The molecular formula is C55H44O36. The molecule has 4 heterocycles. The predicted molar refractivity (Wildman–Crippen MR) is 280 cm³/mol. The molecular weight excluding hydrogens is 1240 g/mol. The van der Waals surface area contributed by atoms with Crippen LogP contribution in [0.25, 0.3) is 11.1 Å². The first-order valence-electron chi connectivity index (χ1n) is 25.6. The molecule has 480 valence electrons. The number of ether oxygens (including phenoxy) is 10. The smallest absolute Gasteiger partial charge is 0.342 e. The number of rotatable bonds is 11. The maximum atomic E-state index is 14.9. The van der Waals surface area contributed by atoms with Crippen LogP contribution < -0.4 is 4.74 Å². The van der Waals surface area contributed by atoms with Gasteiger partial charge in [-0.15, -0.1) is 0 Å². The zero-order valence-electron chi connectivity index (χ0n) is 45.0. The number of hydrogen-bond donors (Lipinski definition) is 20. The number of benzene rings is 6. The van der Waals surface area contributed by atoms with Crippen LogP contribution in [0.5, 0.6) is 109 Å². The van der Waals surface area contributed by atoms with Gasteiger partial charge in [0.25, 0.3) is 0 Å². The average molecular weight is 1280 g/mol. The SMILES string of the molecule is O=C(O[C@@H]1O[C@@H]2COC(=O)c3cc(Oc4c(C(=O)OC[C@@]56OC[C@@H](O)[C@@H](O5)[C@@H](O)[C@@H]6O)cc(O)c(O)c4O)c(O)c(O)c3-c3c(cc(O)c(O)c3O)C(=O)O[C@H]2[C@H](OC(=O)c2cc(O)c(O)c(O)c2)[C@H]1OC(=O)c1cc(O)c(O)c(O)c1)c1cc(O)c(O)c(O)c1. The van der Waals surface area contributed by atoms with Gasteiger partial charge in [-0.05, 0) is 42.5 Å². The maximum absolute atomic E-state index is 14.9. The van der Waals surface area contributed by atoms with Crippen LogP contribution in [0.1, 0.15) is 62.1 Å². The van der Waals surface area contributed by atoms with E-state index in [1.54, 1.807) is 0 Å². The van der Waals surface area contributed by atoms with Crippen LogP contribution in [0.15, 0.2) is 54.6 Å². The fraction of sp³-hybridized carbons (Fsp3) is 0.236. The molecule has 0 aromatic heterocycles. The topological polar surface area (TPSA) is 599 Å². The van der Waals surface area contributed by atoms with E-state index in [4.69, 9.17) is 47.4 Å². The first kappa shape index (κ1) is 62.4. The van der Waals surface area contributed by atoms with Crippen molar-refractivity contribution in [1.29, 1.82) is 0 Å². The Bertz CT molecular complexity index is 4000. The highest BCUT2D eigenvalue weighted by molar-refractivity contribution is 6.09. The molecule has 0 unspecified atom stereocenters. The molecule has 4 aliphatic rings. The number of carbonyl (C=O) groups excluding carboxylic acids is 6. The Morgan fingerprint density at radius 1 is 0.484 bits per heavy atom. The third kappa shape index (κ3) is 10.9. The molecule has 0 saturated carbocycles. The maximum Gasteiger partial charge on any atom is 0.342 e. The minimum absolute atomic E-state index is 0.294. The van der Waals surface area contributed by atoms with Crippen LogP contribution in [0.4, 0.5) is 0 Å². The second-order valence-electron chi connectivity index (χ2n) is 20.1. The standard InChI is InChI=1S/C55H44O36/c56-19-1-13(2-20(57)32(19)65)48(76)88-45-44-29(86-54(90-50(78)15-5-23(60)34(67)24(61)6-15)46(45)89-49(77)14-3-21(58)33(66)22(59)4-14)11-82-51(79)17-9-28(37(70)39(72)31(17)30-16(53(81)87-44)7-25(62)35(68)38(30)71)85-42-18(8-26(63)36(69)40(42)73)52(80)83-12-55-47(75)41(74)43(91-55)27(64)10-84-55/h1-9,27,29,41,43-47,54,56-75H,10-12H2/t27-,29-,41-,43-,44-,45+,46-,47+,54+,55-/m1/s1. The number of aliphatic hydroxyl groups excluding tert-OH is 3. The molecule has 10 rings (SSSR count). The van der Waals surface area contributed by atoms with Crippen LogP contribution in [0.2, 0.25) is 0 Å². The van der Waals surface area contributed by atoms with E-state index in [0.717, 1.165) is 0 Å². The molecule has 2 bridgehead atoms. The van der Waals surface area contributed by atoms with E-state index in [0.29, 0.717) is 54.6 Å². The molecule has 10 atom stereocenters. The summed E-state index contributed by atoms with van der Waals surface area (Å²) in [7, 11) is 0. The van der Waals surface area contributed by atoms with Gasteiger partial charge >= 0.3 is 35.8 Å². The number of carbonyl (C=O) groups is 6. The van der Waals surface area contributed by atoms with Gasteiger partial charge in [-0.3, -0.25) is 0 Å². The summed E-state index contributed by atoms with van der Waals surface area (Å²) in [5.74, 6) is -38.5. The van der Waals surface area contributed by atoms with Gasteiger partial charge in [-0.2, -0.15) is 0 Å². The van der Waals surface area contributed by atoms with Crippen molar-refractivity contribution >= 4 is 35.8 Å². The van der Waals surface area contributed by atoms with Crippen molar-refractivity contribution in [3.05, 3.63) is 88.0 Å². The number of aliphatic hydroxyl groups is 3. The predicted octanol–water partition coefficient (Wildman–Crippen LogP) is 0.235. The summed E-state index contributed by atoms with van der Waals surface area (Å²) < 4.78 is 55.6. The second-order valence-corrected chi connectivity index (χ2v) is 20.1. The number of cyclic esters (lactones) is 1. The molecule has 36 nitrogen and oxygen atoms in total. The van der Waals surface area contributed by atoms with Crippen LogP contribution in [0, 0.1) is 0 Å². The lowest BCUT2D eigenvalue weighted by Crippen LogP contribution is -2.63. The quantitative estimate of drug-likeness (QED) is 0.0469.